The first-order valence-electron chi connectivity index (χ1n) is 6.18. The minimum atomic E-state index is -0.495. The van der Waals surface area contributed by atoms with Crippen LogP contribution in [0.3, 0.4) is 0 Å². The molecule has 1 unspecified atom stereocenters. The molecule has 5 heteroatoms. The largest absolute Gasteiger partial charge is 0.480 e. The average Bonchev–Trinajstić information content (AvgIpc) is 2.32. The van der Waals surface area contributed by atoms with E-state index in [9.17, 15) is 4.79 Å². The molecule has 1 aromatic carbocycles. The summed E-state index contributed by atoms with van der Waals surface area (Å²) in [6, 6.07) is 3.99. The summed E-state index contributed by atoms with van der Waals surface area (Å²) < 4.78 is 6.86. The van der Waals surface area contributed by atoms with E-state index >= 15 is 0 Å². The molecule has 0 aliphatic heterocycles. The van der Waals surface area contributed by atoms with E-state index in [0.717, 1.165) is 21.3 Å². The van der Waals surface area contributed by atoms with E-state index in [0.29, 0.717) is 6.54 Å². The van der Waals surface area contributed by atoms with Gasteiger partial charge in [0.1, 0.15) is 5.75 Å². The maximum absolute atomic E-state index is 11.9. The van der Waals surface area contributed by atoms with Crippen molar-refractivity contribution < 1.29 is 9.53 Å². The predicted molar refractivity (Wildman–Crippen MR) is 80.4 cm³/mol. The van der Waals surface area contributed by atoms with Gasteiger partial charge in [0.05, 0.1) is 0 Å². The van der Waals surface area contributed by atoms with E-state index in [4.69, 9.17) is 4.74 Å². The van der Waals surface area contributed by atoms with Crippen molar-refractivity contribution >= 4 is 21.8 Å². The van der Waals surface area contributed by atoms with Crippen LogP contribution in [0.1, 0.15) is 18.1 Å². The van der Waals surface area contributed by atoms with Crippen LogP contribution in [0.5, 0.6) is 5.75 Å². The van der Waals surface area contributed by atoms with Gasteiger partial charge in [-0.3, -0.25) is 4.79 Å². The molecular formula is C14H21BrN2O2. The number of amides is 1. The topological polar surface area (TPSA) is 41.6 Å². The summed E-state index contributed by atoms with van der Waals surface area (Å²) >= 11 is 3.48. The van der Waals surface area contributed by atoms with Crippen LogP contribution in [-0.2, 0) is 11.3 Å². The van der Waals surface area contributed by atoms with E-state index in [-0.39, 0.29) is 5.91 Å². The van der Waals surface area contributed by atoms with Crippen LogP contribution in [0, 0.1) is 6.92 Å². The molecule has 1 atom stereocenters. The lowest BCUT2D eigenvalue weighted by atomic mass is 10.1. The number of nitrogens with one attached hydrogen (secondary N) is 1. The summed E-state index contributed by atoms with van der Waals surface area (Å²) in [7, 11) is 5.34. The van der Waals surface area contributed by atoms with Crippen LogP contribution in [0.2, 0.25) is 0 Å². The highest BCUT2D eigenvalue weighted by Gasteiger charge is 2.19. The lowest BCUT2D eigenvalue weighted by Crippen LogP contribution is -2.35. The number of halogens is 1. The summed E-state index contributed by atoms with van der Waals surface area (Å²) in [5.41, 5.74) is 2.05. The Morgan fingerprint density at radius 3 is 2.63 bits per heavy atom. The van der Waals surface area contributed by atoms with Crippen LogP contribution in [0.25, 0.3) is 0 Å². The van der Waals surface area contributed by atoms with Gasteiger partial charge in [0, 0.05) is 30.7 Å². The molecule has 0 aliphatic carbocycles. The van der Waals surface area contributed by atoms with Crippen molar-refractivity contribution in [2.45, 2.75) is 26.5 Å². The van der Waals surface area contributed by atoms with E-state index in [1.165, 1.54) is 4.90 Å². The highest BCUT2D eigenvalue weighted by Crippen LogP contribution is 2.29. The van der Waals surface area contributed by atoms with E-state index in [1.54, 1.807) is 21.0 Å². The normalized spacial score (nSPS) is 12.1. The second-order valence-electron chi connectivity index (χ2n) is 4.73. The van der Waals surface area contributed by atoms with E-state index in [2.05, 4.69) is 21.2 Å². The number of carbonyl (C=O) groups is 1. The van der Waals surface area contributed by atoms with Gasteiger partial charge < -0.3 is 15.0 Å². The summed E-state index contributed by atoms with van der Waals surface area (Å²) in [6.45, 7) is 4.44. The molecule has 1 N–H and O–H groups in total. The third kappa shape index (κ3) is 4.21. The number of hydrogen-bond donors (Lipinski definition) is 1. The SMILES string of the molecule is CNCc1cc(Br)cc(C)c1OC(C)C(=O)N(C)C. The minimum absolute atomic E-state index is 0.0438. The Morgan fingerprint density at radius 1 is 1.47 bits per heavy atom. The minimum Gasteiger partial charge on any atom is -0.480 e. The fourth-order valence-electron chi connectivity index (χ4n) is 1.88. The molecule has 1 rings (SSSR count). The number of ether oxygens (including phenoxy) is 1. The monoisotopic (exact) mass is 328 g/mol. The number of rotatable bonds is 5. The van der Waals surface area contributed by atoms with E-state index in [1.807, 2.05) is 26.1 Å². The Hall–Kier alpha value is -1.07. The third-order valence-corrected chi connectivity index (χ3v) is 3.22. The van der Waals surface area contributed by atoms with Crippen LogP contribution in [0.4, 0.5) is 0 Å². The maximum Gasteiger partial charge on any atom is 0.262 e. The lowest BCUT2D eigenvalue weighted by molar-refractivity contribution is -0.135. The van der Waals surface area contributed by atoms with Crippen LogP contribution >= 0.6 is 15.9 Å². The second-order valence-corrected chi connectivity index (χ2v) is 5.65. The van der Waals surface area contributed by atoms with Gasteiger partial charge >= 0.3 is 0 Å². The van der Waals surface area contributed by atoms with Crippen molar-refractivity contribution in [1.82, 2.24) is 10.2 Å². The van der Waals surface area contributed by atoms with Crippen LogP contribution in [0.15, 0.2) is 16.6 Å². The smallest absolute Gasteiger partial charge is 0.262 e. The molecule has 0 saturated carbocycles. The standard InChI is InChI=1S/C14H21BrN2O2/c1-9-6-12(15)7-11(8-16-3)13(9)19-10(2)14(18)17(4)5/h6-7,10,16H,8H2,1-5H3. The van der Waals surface area contributed by atoms with Gasteiger partial charge in [-0.05, 0) is 38.6 Å². The first-order valence-corrected chi connectivity index (χ1v) is 6.97. The maximum atomic E-state index is 11.9. The van der Waals surface area contributed by atoms with Gasteiger partial charge in [0.25, 0.3) is 5.91 Å². The lowest BCUT2D eigenvalue weighted by Gasteiger charge is -2.21. The molecule has 1 aromatic rings. The quantitative estimate of drug-likeness (QED) is 0.902. The summed E-state index contributed by atoms with van der Waals surface area (Å²) in [6.07, 6.45) is -0.495. The van der Waals surface area contributed by atoms with Crippen molar-refractivity contribution in [3.8, 4) is 5.75 Å². The van der Waals surface area contributed by atoms with E-state index < -0.39 is 6.10 Å². The zero-order chi connectivity index (χ0) is 14.6. The number of hydrogen-bond acceptors (Lipinski definition) is 3. The average molecular weight is 329 g/mol. The van der Waals surface area contributed by atoms with Gasteiger partial charge in [0.2, 0.25) is 0 Å². The van der Waals surface area contributed by atoms with Crippen molar-refractivity contribution in [1.29, 1.82) is 0 Å². The molecule has 0 fully saturated rings. The van der Waals surface area contributed by atoms with Crippen molar-refractivity contribution in [2.75, 3.05) is 21.1 Å². The third-order valence-electron chi connectivity index (χ3n) is 2.77. The van der Waals surface area contributed by atoms with Crippen molar-refractivity contribution in [2.24, 2.45) is 0 Å². The van der Waals surface area contributed by atoms with Gasteiger partial charge in [-0.15, -0.1) is 0 Å². The molecule has 19 heavy (non-hydrogen) atoms. The Labute approximate surface area is 123 Å². The highest BCUT2D eigenvalue weighted by atomic mass is 79.9. The fraction of sp³-hybridized carbons (Fsp3) is 0.500. The molecule has 0 saturated heterocycles. The molecule has 0 bridgehead atoms. The van der Waals surface area contributed by atoms with Crippen molar-refractivity contribution in [3.63, 3.8) is 0 Å². The molecule has 0 spiro atoms. The highest BCUT2D eigenvalue weighted by molar-refractivity contribution is 9.10. The summed E-state index contributed by atoms with van der Waals surface area (Å²) in [5.74, 6) is 0.734. The number of aryl methyl sites for hydroxylation is 1. The Kier molecular flexibility index (Phi) is 5.82. The van der Waals surface area contributed by atoms with Gasteiger partial charge in [-0.1, -0.05) is 15.9 Å². The Bertz CT molecular complexity index is 461. The Morgan fingerprint density at radius 2 is 2.11 bits per heavy atom. The van der Waals surface area contributed by atoms with Crippen LogP contribution < -0.4 is 10.1 Å². The Balaban J connectivity index is 3.02. The molecule has 0 aromatic heterocycles. The zero-order valence-corrected chi connectivity index (χ0v) is 13.7. The number of nitrogens with zero attached hydrogens (tertiary/aromatic N) is 1. The number of carbonyl (C=O) groups excluding carboxylic acids is 1. The molecule has 106 valence electrons. The molecular weight excluding hydrogens is 308 g/mol. The first-order chi connectivity index (χ1) is 8.86. The zero-order valence-electron chi connectivity index (χ0n) is 12.1. The molecule has 1 amide bonds. The molecule has 4 nitrogen and oxygen atoms in total. The van der Waals surface area contributed by atoms with Gasteiger partial charge in [-0.25, -0.2) is 0 Å². The number of benzene rings is 1. The molecule has 0 heterocycles. The summed E-state index contributed by atoms with van der Waals surface area (Å²) in [5, 5.41) is 3.11. The molecule has 0 radical (unpaired) electrons. The molecule has 0 aliphatic rings. The second kappa shape index (κ2) is 6.91. The van der Waals surface area contributed by atoms with Crippen molar-refractivity contribution in [3.05, 3.63) is 27.7 Å². The number of likely N-dealkylation sites (N-methyl/N-ethyl adjacent to an activating group) is 1. The van der Waals surface area contributed by atoms with Gasteiger partial charge in [-0.2, -0.15) is 0 Å². The summed E-state index contributed by atoms with van der Waals surface area (Å²) in [4.78, 5) is 13.4. The predicted octanol–water partition coefficient (Wildman–Crippen LogP) is 2.33. The van der Waals surface area contributed by atoms with Gasteiger partial charge in [0.15, 0.2) is 6.10 Å². The first kappa shape index (κ1) is 16.0. The van der Waals surface area contributed by atoms with Crippen LogP contribution in [-0.4, -0.2) is 38.1 Å². The fourth-order valence-corrected chi connectivity index (χ4v) is 2.50.